The predicted octanol–water partition coefficient (Wildman–Crippen LogP) is 0.463. The molecule has 8 heteroatoms. The molecule has 3 fully saturated rings. The number of aryl methyl sites for hydroxylation is 1. The number of fused-ring (bicyclic) bond motifs is 1. The number of carbonyl (C=O) groups is 2. The third-order valence-corrected chi connectivity index (χ3v) is 7.38. The Balaban J connectivity index is 1.54. The van der Waals surface area contributed by atoms with Crippen molar-refractivity contribution in [3.05, 3.63) is 33.7 Å². The van der Waals surface area contributed by atoms with Gasteiger partial charge in [0, 0.05) is 45.5 Å². The van der Waals surface area contributed by atoms with Crippen LogP contribution in [-0.4, -0.2) is 72.1 Å². The lowest BCUT2D eigenvalue weighted by Gasteiger charge is -2.54. The molecule has 164 valence electrons. The van der Waals surface area contributed by atoms with Crippen LogP contribution in [0.3, 0.4) is 0 Å². The summed E-state index contributed by atoms with van der Waals surface area (Å²) in [5.41, 5.74) is 5.65. The largest absolute Gasteiger partial charge is 0.379 e. The maximum atomic E-state index is 13.4. The summed E-state index contributed by atoms with van der Waals surface area (Å²) in [5.74, 6) is -0.585. The van der Waals surface area contributed by atoms with Crippen LogP contribution in [0.2, 0.25) is 0 Å². The molecule has 1 saturated carbocycles. The van der Waals surface area contributed by atoms with E-state index in [9.17, 15) is 14.4 Å². The third-order valence-electron chi connectivity index (χ3n) is 7.38. The molecule has 2 amide bonds. The molecule has 0 radical (unpaired) electrons. The number of pyridine rings is 1. The quantitative estimate of drug-likeness (QED) is 0.752. The fourth-order valence-corrected chi connectivity index (χ4v) is 5.71. The Morgan fingerprint density at radius 1 is 1.23 bits per heavy atom. The molecule has 0 bridgehead atoms. The molecule has 0 aromatic carbocycles. The van der Waals surface area contributed by atoms with Crippen LogP contribution in [0.25, 0.3) is 0 Å². The number of likely N-dealkylation sites (tertiary alicyclic amines) is 1. The highest BCUT2D eigenvalue weighted by Gasteiger charge is 2.66. The van der Waals surface area contributed by atoms with E-state index in [1.165, 1.54) is 0 Å². The van der Waals surface area contributed by atoms with Gasteiger partial charge in [0.15, 0.2) is 0 Å². The minimum atomic E-state index is -0.656. The predicted molar refractivity (Wildman–Crippen MR) is 112 cm³/mol. The fraction of sp³-hybridized carbons (Fsp3) is 0.682. The van der Waals surface area contributed by atoms with Crippen LogP contribution < -0.4 is 11.3 Å². The maximum Gasteiger partial charge on any atom is 0.263 e. The van der Waals surface area contributed by atoms with E-state index in [2.05, 4.69) is 18.7 Å². The molecule has 2 saturated heterocycles. The Morgan fingerprint density at radius 2 is 1.93 bits per heavy atom. The van der Waals surface area contributed by atoms with E-state index in [1.54, 1.807) is 22.6 Å². The van der Waals surface area contributed by atoms with Crippen molar-refractivity contribution in [3.8, 4) is 0 Å². The maximum absolute atomic E-state index is 13.4. The Morgan fingerprint density at radius 3 is 2.53 bits per heavy atom. The minimum Gasteiger partial charge on any atom is -0.379 e. The van der Waals surface area contributed by atoms with E-state index in [0.29, 0.717) is 44.8 Å². The summed E-state index contributed by atoms with van der Waals surface area (Å²) < 4.78 is 6.99. The van der Waals surface area contributed by atoms with Crippen molar-refractivity contribution in [1.29, 1.82) is 0 Å². The molecule has 2 N–H and O–H groups in total. The first-order valence-electron chi connectivity index (χ1n) is 10.7. The minimum absolute atomic E-state index is 0.0336. The monoisotopic (exact) mass is 416 g/mol. The normalized spacial score (nSPS) is 28.1. The van der Waals surface area contributed by atoms with E-state index in [1.807, 2.05) is 6.07 Å². The SMILES string of the molecule is Cc1ccn(CCN2CCOCC2)c(=O)c1C(=O)N1C[C@@H]2C(C)(C)C[C@]2(C(N)=O)C1. The lowest BCUT2D eigenvalue weighted by molar-refractivity contribution is -0.148. The van der Waals surface area contributed by atoms with Crippen LogP contribution in [0.1, 0.15) is 36.2 Å². The molecule has 0 spiro atoms. The molecule has 0 unspecified atom stereocenters. The van der Waals surface area contributed by atoms with Crippen molar-refractivity contribution in [2.24, 2.45) is 22.5 Å². The van der Waals surface area contributed by atoms with Crippen LogP contribution in [0, 0.1) is 23.7 Å². The average Bonchev–Trinajstić information content (AvgIpc) is 3.04. The Bertz CT molecular complexity index is 918. The van der Waals surface area contributed by atoms with E-state index in [-0.39, 0.29) is 34.3 Å². The van der Waals surface area contributed by atoms with Crippen LogP contribution in [-0.2, 0) is 16.1 Å². The van der Waals surface area contributed by atoms with Crippen LogP contribution >= 0.6 is 0 Å². The number of hydrogen-bond donors (Lipinski definition) is 1. The van der Waals surface area contributed by atoms with Gasteiger partial charge in [0.05, 0.1) is 18.6 Å². The number of ether oxygens (including phenoxy) is 1. The number of nitrogens with zero attached hydrogens (tertiary/aromatic N) is 3. The highest BCUT2D eigenvalue weighted by molar-refractivity contribution is 5.96. The van der Waals surface area contributed by atoms with Gasteiger partial charge in [-0.25, -0.2) is 0 Å². The number of aromatic nitrogens is 1. The second-order valence-corrected chi connectivity index (χ2v) is 9.75. The van der Waals surface area contributed by atoms with Gasteiger partial charge < -0.3 is 19.9 Å². The summed E-state index contributed by atoms with van der Waals surface area (Å²) in [4.78, 5) is 42.7. The summed E-state index contributed by atoms with van der Waals surface area (Å²) >= 11 is 0. The van der Waals surface area contributed by atoms with Crippen molar-refractivity contribution in [1.82, 2.24) is 14.4 Å². The zero-order valence-corrected chi connectivity index (χ0v) is 18.1. The third kappa shape index (κ3) is 3.36. The number of carbonyl (C=O) groups excluding carboxylic acids is 2. The van der Waals surface area contributed by atoms with Gasteiger partial charge in [-0.1, -0.05) is 13.8 Å². The molecule has 4 rings (SSSR count). The summed E-state index contributed by atoms with van der Waals surface area (Å²) in [6.07, 6.45) is 2.44. The Hall–Kier alpha value is -2.19. The summed E-state index contributed by atoms with van der Waals surface area (Å²) in [5, 5.41) is 0. The Kier molecular flexibility index (Phi) is 5.26. The Labute approximate surface area is 177 Å². The molecule has 2 aliphatic heterocycles. The number of nitrogens with two attached hydrogens (primary N) is 1. The second-order valence-electron chi connectivity index (χ2n) is 9.75. The first kappa shape index (κ1) is 21.1. The number of hydrogen-bond acceptors (Lipinski definition) is 5. The van der Waals surface area contributed by atoms with Gasteiger partial charge in [0.2, 0.25) is 5.91 Å². The lowest BCUT2D eigenvalue weighted by atomic mass is 9.48. The lowest BCUT2D eigenvalue weighted by Crippen LogP contribution is -2.59. The van der Waals surface area contributed by atoms with Gasteiger partial charge in [-0.2, -0.15) is 0 Å². The first-order chi connectivity index (χ1) is 14.2. The van der Waals surface area contributed by atoms with Gasteiger partial charge in [0.25, 0.3) is 11.5 Å². The van der Waals surface area contributed by atoms with Crippen molar-refractivity contribution >= 4 is 11.8 Å². The highest BCUT2D eigenvalue weighted by Crippen LogP contribution is 2.62. The molecule has 3 heterocycles. The van der Waals surface area contributed by atoms with Gasteiger partial charge in [-0.05, 0) is 36.3 Å². The standard InChI is InChI=1S/C22H32N4O4/c1-15-4-5-25(7-6-24-8-10-30-11-9-24)18(27)17(15)19(28)26-12-16-21(2,3)13-22(16,14-26)20(23)29/h4-5,16H,6-14H2,1-3H3,(H2,23,29)/t16-,22+/m1/s1. The zero-order valence-electron chi connectivity index (χ0n) is 18.1. The van der Waals surface area contributed by atoms with Gasteiger partial charge >= 0.3 is 0 Å². The molecule has 1 aromatic heterocycles. The zero-order chi connectivity index (χ0) is 21.7. The summed E-state index contributed by atoms with van der Waals surface area (Å²) in [6, 6.07) is 1.83. The number of amides is 2. The number of morpholine rings is 1. The fourth-order valence-electron chi connectivity index (χ4n) is 5.71. The van der Waals surface area contributed by atoms with E-state index in [0.717, 1.165) is 19.6 Å². The van der Waals surface area contributed by atoms with Crippen LogP contribution in [0.5, 0.6) is 0 Å². The van der Waals surface area contributed by atoms with Crippen LogP contribution in [0.15, 0.2) is 17.1 Å². The highest BCUT2D eigenvalue weighted by atomic mass is 16.5. The molecule has 8 nitrogen and oxygen atoms in total. The average molecular weight is 417 g/mol. The number of rotatable bonds is 5. The van der Waals surface area contributed by atoms with Gasteiger partial charge in [0.1, 0.15) is 5.56 Å². The summed E-state index contributed by atoms with van der Waals surface area (Å²) in [7, 11) is 0. The summed E-state index contributed by atoms with van der Waals surface area (Å²) in [6.45, 7) is 11.2. The smallest absolute Gasteiger partial charge is 0.263 e. The van der Waals surface area contributed by atoms with Gasteiger partial charge in [-0.15, -0.1) is 0 Å². The molecule has 1 aromatic rings. The van der Waals surface area contributed by atoms with E-state index in [4.69, 9.17) is 10.5 Å². The molecular formula is C22H32N4O4. The molecule has 2 atom stereocenters. The van der Waals surface area contributed by atoms with Crippen molar-refractivity contribution in [3.63, 3.8) is 0 Å². The molecular weight excluding hydrogens is 384 g/mol. The number of primary amides is 1. The van der Waals surface area contributed by atoms with E-state index < -0.39 is 5.41 Å². The topological polar surface area (TPSA) is 97.9 Å². The van der Waals surface area contributed by atoms with Crippen LogP contribution in [0.4, 0.5) is 0 Å². The van der Waals surface area contributed by atoms with Crippen molar-refractivity contribution in [2.45, 2.75) is 33.7 Å². The molecule has 3 aliphatic rings. The van der Waals surface area contributed by atoms with E-state index >= 15 is 0 Å². The first-order valence-corrected chi connectivity index (χ1v) is 10.7. The van der Waals surface area contributed by atoms with Crippen molar-refractivity contribution < 1.29 is 14.3 Å². The van der Waals surface area contributed by atoms with Crippen molar-refractivity contribution in [2.75, 3.05) is 45.9 Å². The van der Waals surface area contributed by atoms with Gasteiger partial charge in [-0.3, -0.25) is 19.3 Å². The second kappa shape index (κ2) is 7.50. The molecule has 30 heavy (non-hydrogen) atoms. The molecule has 1 aliphatic carbocycles.